The Morgan fingerprint density at radius 3 is 2.56 bits per heavy atom. The number of anilines is 1. The normalized spacial score (nSPS) is 14.6. The molecule has 2 N–H and O–H groups in total. The monoisotopic (exact) mass is 268 g/mol. The topological polar surface area (TPSA) is 69.6 Å². The van der Waals surface area contributed by atoms with E-state index in [0.29, 0.717) is 18.1 Å². The average molecular weight is 269 g/mol. The summed E-state index contributed by atoms with van der Waals surface area (Å²) in [4.78, 5) is 24.6. The van der Waals surface area contributed by atoms with Gasteiger partial charge in [0.2, 0.25) is 0 Å². The number of urea groups is 1. The molecule has 1 aromatic rings. The SMILES string of the molecule is O=C(O)c1ccc(Cl)cc1NC(=O)N1CCCC1. The molecule has 1 fully saturated rings. The number of carbonyl (C=O) groups is 2. The zero-order valence-electron chi connectivity index (χ0n) is 9.65. The largest absolute Gasteiger partial charge is 0.478 e. The summed E-state index contributed by atoms with van der Waals surface area (Å²) in [6.45, 7) is 1.41. The summed E-state index contributed by atoms with van der Waals surface area (Å²) >= 11 is 5.81. The van der Waals surface area contributed by atoms with Crippen molar-refractivity contribution in [1.29, 1.82) is 0 Å². The van der Waals surface area contributed by atoms with E-state index in [1.807, 2.05) is 0 Å². The second-order valence-electron chi connectivity index (χ2n) is 4.12. The highest BCUT2D eigenvalue weighted by Gasteiger charge is 2.20. The van der Waals surface area contributed by atoms with Crippen molar-refractivity contribution in [3.05, 3.63) is 28.8 Å². The minimum Gasteiger partial charge on any atom is -0.478 e. The van der Waals surface area contributed by atoms with Gasteiger partial charge in [0, 0.05) is 18.1 Å². The summed E-state index contributed by atoms with van der Waals surface area (Å²) in [6.07, 6.45) is 1.96. The number of rotatable bonds is 2. The quantitative estimate of drug-likeness (QED) is 0.866. The van der Waals surface area contributed by atoms with Crippen LogP contribution in [0.1, 0.15) is 23.2 Å². The Morgan fingerprint density at radius 1 is 1.28 bits per heavy atom. The summed E-state index contributed by atoms with van der Waals surface area (Å²) in [5.74, 6) is -1.09. The molecule has 1 saturated heterocycles. The summed E-state index contributed by atoms with van der Waals surface area (Å²) in [7, 11) is 0. The van der Waals surface area contributed by atoms with Crippen LogP contribution in [0, 0.1) is 0 Å². The second kappa shape index (κ2) is 5.27. The van der Waals surface area contributed by atoms with Gasteiger partial charge in [-0.2, -0.15) is 0 Å². The first-order valence-corrected chi connectivity index (χ1v) is 6.04. The minimum atomic E-state index is -1.09. The number of halogens is 1. The Labute approximate surface area is 109 Å². The molecule has 1 heterocycles. The molecule has 0 radical (unpaired) electrons. The maximum atomic E-state index is 11.9. The number of carbonyl (C=O) groups excluding carboxylic acids is 1. The van der Waals surface area contributed by atoms with Crippen molar-refractivity contribution in [3.8, 4) is 0 Å². The number of nitrogens with one attached hydrogen (secondary N) is 1. The standard InChI is InChI=1S/C12H13ClN2O3/c13-8-3-4-9(11(16)17)10(7-8)14-12(18)15-5-1-2-6-15/h3-4,7H,1-2,5-6H2,(H,14,18)(H,16,17). The van der Waals surface area contributed by atoms with E-state index in [1.54, 1.807) is 4.90 Å². The number of hydrogen-bond acceptors (Lipinski definition) is 2. The summed E-state index contributed by atoms with van der Waals surface area (Å²) in [5.41, 5.74) is 0.263. The molecule has 0 atom stereocenters. The second-order valence-corrected chi connectivity index (χ2v) is 4.56. The van der Waals surface area contributed by atoms with E-state index in [-0.39, 0.29) is 17.3 Å². The fourth-order valence-electron chi connectivity index (χ4n) is 1.92. The molecule has 5 nitrogen and oxygen atoms in total. The van der Waals surface area contributed by atoms with Crippen molar-refractivity contribution in [2.45, 2.75) is 12.8 Å². The molecule has 0 saturated carbocycles. The van der Waals surface area contributed by atoms with Crippen LogP contribution >= 0.6 is 11.6 Å². The molecule has 0 unspecified atom stereocenters. The summed E-state index contributed by atoms with van der Waals surface area (Å²) in [6, 6.07) is 4.03. The molecule has 2 rings (SSSR count). The molecule has 0 aliphatic carbocycles. The molecule has 0 bridgehead atoms. The van der Waals surface area contributed by atoms with E-state index in [0.717, 1.165) is 12.8 Å². The van der Waals surface area contributed by atoms with Crippen molar-refractivity contribution in [2.24, 2.45) is 0 Å². The lowest BCUT2D eigenvalue weighted by molar-refractivity contribution is 0.0698. The van der Waals surface area contributed by atoms with Crippen LogP contribution in [0.25, 0.3) is 0 Å². The van der Waals surface area contributed by atoms with Crippen molar-refractivity contribution < 1.29 is 14.7 Å². The molecule has 1 aliphatic heterocycles. The number of amides is 2. The lowest BCUT2D eigenvalue weighted by atomic mass is 10.2. The number of carboxylic acid groups (broad SMARTS) is 1. The number of aromatic carboxylic acids is 1. The molecular weight excluding hydrogens is 256 g/mol. The van der Waals surface area contributed by atoms with E-state index < -0.39 is 5.97 Å². The molecule has 0 aromatic heterocycles. The van der Waals surface area contributed by atoms with Crippen LogP contribution in [0.15, 0.2) is 18.2 Å². The van der Waals surface area contributed by atoms with E-state index >= 15 is 0 Å². The van der Waals surface area contributed by atoms with E-state index in [9.17, 15) is 9.59 Å². The van der Waals surface area contributed by atoms with Gasteiger partial charge in [-0.3, -0.25) is 0 Å². The Hall–Kier alpha value is -1.75. The van der Waals surface area contributed by atoms with Crippen LogP contribution in [0.3, 0.4) is 0 Å². The highest BCUT2D eigenvalue weighted by atomic mass is 35.5. The molecule has 1 aromatic carbocycles. The van der Waals surface area contributed by atoms with Gasteiger partial charge in [0.25, 0.3) is 0 Å². The van der Waals surface area contributed by atoms with Gasteiger partial charge in [0.1, 0.15) is 0 Å². The first-order chi connectivity index (χ1) is 8.58. The minimum absolute atomic E-state index is 0.0342. The predicted octanol–water partition coefficient (Wildman–Crippen LogP) is 2.67. The Balaban J connectivity index is 2.19. The first-order valence-electron chi connectivity index (χ1n) is 5.66. The lowest BCUT2D eigenvalue weighted by Crippen LogP contribution is -2.32. The van der Waals surface area contributed by atoms with Gasteiger partial charge in [-0.25, -0.2) is 9.59 Å². The van der Waals surface area contributed by atoms with Gasteiger partial charge in [-0.05, 0) is 31.0 Å². The van der Waals surface area contributed by atoms with Gasteiger partial charge in [0.15, 0.2) is 0 Å². The van der Waals surface area contributed by atoms with Crippen LogP contribution in [0.4, 0.5) is 10.5 Å². The number of benzene rings is 1. The number of hydrogen-bond donors (Lipinski definition) is 2. The number of carboxylic acids is 1. The zero-order valence-corrected chi connectivity index (χ0v) is 10.4. The van der Waals surface area contributed by atoms with Crippen LogP contribution in [0.5, 0.6) is 0 Å². The maximum Gasteiger partial charge on any atom is 0.337 e. The van der Waals surface area contributed by atoms with Gasteiger partial charge >= 0.3 is 12.0 Å². The van der Waals surface area contributed by atoms with E-state index in [1.165, 1.54) is 18.2 Å². The van der Waals surface area contributed by atoms with Gasteiger partial charge in [-0.1, -0.05) is 11.6 Å². The molecule has 96 valence electrons. The van der Waals surface area contributed by atoms with E-state index in [2.05, 4.69) is 5.32 Å². The Morgan fingerprint density at radius 2 is 1.94 bits per heavy atom. The van der Waals surface area contributed by atoms with Crippen LogP contribution in [-0.2, 0) is 0 Å². The van der Waals surface area contributed by atoms with Crippen molar-refractivity contribution >= 4 is 29.3 Å². The first kappa shape index (κ1) is 12.7. The maximum absolute atomic E-state index is 11.9. The summed E-state index contributed by atoms with van der Waals surface area (Å²) in [5, 5.41) is 12.0. The number of nitrogens with zero attached hydrogens (tertiary/aromatic N) is 1. The third-order valence-electron chi connectivity index (χ3n) is 2.85. The molecular formula is C12H13ClN2O3. The summed E-state index contributed by atoms with van der Waals surface area (Å²) < 4.78 is 0. The Kier molecular flexibility index (Phi) is 3.72. The van der Waals surface area contributed by atoms with Crippen molar-refractivity contribution in [1.82, 2.24) is 4.90 Å². The highest BCUT2D eigenvalue weighted by Crippen LogP contribution is 2.22. The third kappa shape index (κ3) is 2.73. The van der Waals surface area contributed by atoms with Crippen LogP contribution in [0.2, 0.25) is 5.02 Å². The van der Waals surface area contributed by atoms with Crippen molar-refractivity contribution in [2.75, 3.05) is 18.4 Å². The fourth-order valence-corrected chi connectivity index (χ4v) is 2.09. The fraction of sp³-hybridized carbons (Fsp3) is 0.333. The number of likely N-dealkylation sites (tertiary alicyclic amines) is 1. The molecule has 6 heteroatoms. The molecule has 1 aliphatic rings. The highest BCUT2D eigenvalue weighted by molar-refractivity contribution is 6.31. The van der Waals surface area contributed by atoms with Gasteiger partial charge in [0.05, 0.1) is 11.3 Å². The van der Waals surface area contributed by atoms with Gasteiger partial charge in [-0.15, -0.1) is 0 Å². The molecule has 18 heavy (non-hydrogen) atoms. The predicted molar refractivity (Wildman–Crippen MR) is 68.2 cm³/mol. The molecule has 2 amide bonds. The lowest BCUT2D eigenvalue weighted by Gasteiger charge is -2.17. The van der Waals surface area contributed by atoms with Gasteiger partial charge < -0.3 is 15.3 Å². The van der Waals surface area contributed by atoms with Crippen LogP contribution in [-0.4, -0.2) is 35.1 Å². The Bertz CT molecular complexity index is 484. The third-order valence-corrected chi connectivity index (χ3v) is 3.08. The van der Waals surface area contributed by atoms with E-state index in [4.69, 9.17) is 16.7 Å². The average Bonchev–Trinajstić information content (AvgIpc) is 2.81. The van der Waals surface area contributed by atoms with Crippen molar-refractivity contribution in [3.63, 3.8) is 0 Å². The molecule has 0 spiro atoms. The smallest absolute Gasteiger partial charge is 0.337 e. The van der Waals surface area contributed by atoms with Crippen LogP contribution < -0.4 is 5.32 Å². The zero-order chi connectivity index (χ0) is 13.1.